The molecule has 4 aromatic rings. The summed E-state index contributed by atoms with van der Waals surface area (Å²) in [6.07, 6.45) is 3.05. The Kier molecular flexibility index (Phi) is 15.4. The number of halogens is 2. The van der Waals surface area contributed by atoms with Gasteiger partial charge < -0.3 is 0 Å². The number of benzene rings is 4. The summed E-state index contributed by atoms with van der Waals surface area (Å²) in [5, 5.41) is 1.16. The third-order valence-electron chi connectivity index (χ3n) is 5.89. The van der Waals surface area contributed by atoms with Gasteiger partial charge in [0.05, 0.1) is 0 Å². The molecule has 0 aromatic heterocycles. The minimum absolute atomic E-state index is 0.485. The fourth-order valence-corrected chi connectivity index (χ4v) is 18.2. The van der Waals surface area contributed by atoms with Crippen LogP contribution in [0.25, 0.3) is 0 Å². The summed E-state index contributed by atoms with van der Waals surface area (Å²) in [5.41, 5.74) is 0. The van der Waals surface area contributed by atoms with Crippen molar-refractivity contribution >= 4 is 82.5 Å². The first-order valence-electron chi connectivity index (χ1n) is 13.7. The van der Waals surface area contributed by atoms with Crippen molar-refractivity contribution in [2.45, 2.75) is 33.9 Å². The average Bonchev–Trinajstić information content (AvgIpc) is 3.00. The van der Waals surface area contributed by atoms with E-state index in [1.54, 1.807) is 0 Å². The van der Waals surface area contributed by atoms with Gasteiger partial charge in [-0.3, -0.25) is 0 Å². The van der Waals surface area contributed by atoms with Crippen molar-refractivity contribution in [3.05, 3.63) is 109 Å². The molecule has 0 atom stereocenters. The average molecular weight is 973 g/mol. The van der Waals surface area contributed by atoms with E-state index in [0.29, 0.717) is 34.8 Å². The van der Waals surface area contributed by atoms with Crippen LogP contribution in [0.5, 0.6) is 17.2 Å². The molecule has 0 saturated heterocycles. The molecule has 0 heterocycles. The van der Waals surface area contributed by atoms with Gasteiger partial charge in [0.1, 0.15) is 0 Å². The zero-order valence-electron chi connectivity index (χ0n) is 23.0. The van der Waals surface area contributed by atoms with E-state index < -0.39 is 10.3 Å². The Balaban J connectivity index is 1.27. The zero-order chi connectivity index (χ0) is 28.6. The molecule has 0 spiro atoms. The van der Waals surface area contributed by atoms with Crippen LogP contribution >= 0.6 is 49.2 Å². The summed E-state index contributed by atoms with van der Waals surface area (Å²) < 4.78 is 22.8. The monoisotopic (exact) mass is 976 g/mol. The Morgan fingerprint density at radius 2 is 1.12 bits per heavy atom. The third kappa shape index (κ3) is 12.9. The SMILES string of the molecule is I[Te](I)(CCCOc1cc(OCCCSc2ccccc2)cc(OCCC[Se]c2ccccc2)c1)c1ccccc1. The molecule has 0 saturated carbocycles. The van der Waals surface area contributed by atoms with Gasteiger partial charge in [0.15, 0.2) is 0 Å². The molecule has 0 fully saturated rings. The van der Waals surface area contributed by atoms with Gasteiger partial charge in [-0.05, 0) is 12.1 Å². The Labute approximate surface area is 279 Å². The summed E-state index contributed by atoms with van der Waals surface area (Å²) in [6.45, 7) is 2.06. The normalized spacial score (nSPS) is 11.7. The van der Waals surface area contributed by atoms with Gasteiger partial charge in [0, 0.05) is 4.90 Å². The molecule has 8 heteroatoms. The van der Waals surface area contributed by atoms with E-state index in [0.717, 1.165) is 47.6 Å². The third-order valence-corrected chi connectivity index (χ3v) is 27.1. The van der Waals surface area contributed by atoms with Crippen molar-refractivity contribution in [1.29, 1.82) is 0 Å². The van der Waals surface area contributed by atoms with Gasteiger partial charge in [-0.25, -0.2) is 0 Å². The van der Waals surface area contributed by atoms with Gasteiger partial charge in [-0.1, -0.05) is 18.2 Å². The van der Waals surface area contributed by atoms with Crippen molar-refractivity contribution in [1.82, 2.24) is 0 Å². The van der Waals surface area contributed by atoms with Crippen molar-refractivity contribution in [3.8, 4) is 17.2 Å². The Morgan fingerprint density at radius 1 is 0.610 bits per heavy atom. The summed E-state index contributed by atoms with van der Waals surface area (Å²) in [5.74, 6) is 3.48. The van der Waals surface area contributed by atoms with E-state index in [1.807, 2.05) is 30.0 Å². The second-order valence-corrected chi connectivity index (χ2v) is 50.1. The molecule has 0 aliphatic rings. The Hall–Kier alpha value is -0.601. The van der Waals surface area contributed by atoms with Crippen LogP contribution in [-0.2, 0) is 0 Å². The van der Waals surface area contributed by atoms with Crippen LogP contribution in [0.1, 0.15) is 19.3 Å². The van der Waals surface area contributed by atoms with Crippen molar-refractivity contribution in [2.75, 3.05) is 25.6 Å². The molecule has 0 aliphatic carbocycles. The fraction of sp³-hybridized carbons (Fsp3) is 0.273. The minimum atomic E-state index is -2.11. The second-order valence-electron chi connectivity index (χ2n) is 9.16. The molecule has 4 aromatic carbocycles. The van der Waals surface area contributed by atoms with E-state index in [4.69, 9.17) is 14.2 Å². The molecule has 4 rings (SSSR count). The maximum atomic E-state index is 6.25. The van der Waals surface area contributed by atoms with Gasteiger partial charge in [0.25, 0.3) is 0 Å². The quantitative estimate of drug-likeness (QED) is 0.0434. The van der Waals surface area contributed by atoms with Crippen LogP contribution in [0.3, 0.4) is 0 Å². The molecular weight excluding hydrogens is 937 g/mol. The first kappa shape index (κ1) is 33.3. The maximum absolute atomic E-state index is 6.25. The predicted octanol–water partition coefficient (Wildman–Crippen LogP) is 8.45. The van der Waals surface area contributed by atoms with Crippen molar-refractivity contribution in [3.63, 3.8) is 0 Å². The molecule has 41 heavy (non-hydrogen) atoms. The number of rotatable bonds is 18. The van der Waals surface area contributed by atoms with E-state index in [-0.39, 0.29) is 0 Å². The second kappa shape index (κ2) is 18.9. The van der Waals surface area contributed by atoms with Crippen LogP contribution in [0.15, 0.2) is 114 Å². The Bertz CT molecular complexity index is 1220. The number of hydrogen-bond acceptors (Lipinski definition) is 4. The number of thioether (sulfide) groups is 1. The number of ether oxygens (including phenoxy) is 3. The van der Waals surface area contributed by atoms with Crippen LogP contribution in [0, 0.1) is 0 Å². The molecular formula is C33H36I2O3SSeTe. The van der Waals surface area contributed by atoms with Crippen molar-refractivity contribution < 1.29 is 14.2 Å². The van der Waals surface area contributed by atoms with Crippen LogP contribution in [0.2, 0.25) is 9.79 Å². The van der Waals surface area contributed by atoms with Crippen LogP contribution < -0.4 is 22.3 Å². The predicted molar refractivity (Wildman–Crippen MR) is 195 cm³/mol. The van der Waals surface area contributed by atoms with E-state index >= 15 is 0 Å². The molecule has 218 valence electrons. The van der Waals surface area contributed by atoms with Gasteiger partial charge in [-0.2, -0.15) is 0 Å². The molecule has 0 unspecified atom stereocenters. The molecule has 3 nitrogen and oxygen atoms in total. The fourth-order valence-electron chi connectivity index (χ4n) is 3.87. The molecule has 0 aliphatic heterocycles. The zero-order valence-corrected chi connectivity index (χ0v) is 32.1. The van der Waals surface area contributed by atoms with E-state index in [2.05, 4.69) is 128 Å². The van der Waals surface area contributed by atoms with E-state index in [9.17, 15) is 0 Å². The standard InChI is InChI=1S/C33H36I2O3SSeTe/c34-41(35,33-17-8-3-9-18-33)24-12-21-38-30-26-28(36-19-10-22-39-31-13-4-1-5-14-31)25-29(27-30)37-20-11-23-40-32-15-6-2-7-16-32/h1-9,13-18,25-27H,10-12,19-24H2. The molecule has 0 bridgehead atoms. The van der Waals surface area contributed by atoms with Gasteiger partial charge in [-0.15, -0.1) is 0 Å². The number of hydrogen-bond donors (Lipinski definition) is 0. The van der Waals surface area contributed by atoms with Crippen LogP contribution in [0.4, 0.5) is 0 Å². The van der Waals surface area contributed by atoms with Gasteiger partial charge in [0.2, 0.25) is 0 Å². The van der Waals surface area contributed by atoms with Crippen LogP contribution in [-0.4, -0.2) is 50.8 Å². The summed E-state index contributed by atoms with van der Waals surface area (Å²) in [6, 6.07) is 38.3. The summed E-state index contributed by atoms with van der Waals surface area (Å²) in [7, 11) is -2.11. The summed E-state index contributed by atoms with van der Waals surface area (Å²) >= 11 is 7.83. The first-order chi connectivity index (χ1) is 20.1. The summed E-state index contributed by atoms with van der Waals surface area (Å²) in [4.78, 5) is 1.30. The first-order valence-corrected chi connectivity index (χ1v) is 33.2. The van der Waals surface area contributed by atoms with Crippen molar-refractivity contribution in [2.24, 2.45) is 0 Å². The Morgan fingerprint density at radius 3 is 1.73 bits per heavy atom. The van der Waals surface area contributed by atoms with E-state index in [1.165, 1.54) is 17.4 Å². The van der Waals surface area contributed by atoms with Gasteiger partial charge >= 0.3 is 247 Å². The molecule has 0 radical (unpaired) electrons. The molecule has 0 N–H and O–H groups in total. The topological polar surface area (TPSA) is 27.7 Å². The molecule has 0 amide bonds.